The predicted molar refractivity (Wildman–Crippen MR) is 75.3 cm³/mol. The number of rotatable bonds is 5. The van der Waals surface area contributed by atoms with Gasteiger partial charge in [-0.3, -0.25) is 4.79 Å². The van der Waals surface area contributed by atoms with Crippen LogP contribution < -0.4 is 10.6 Å². The summed E-state index contributed by atoms with van der Waals surface area (Å²) in [6.45, 7) is 3.35. The van der Waals surface area contributed by atoms with Crippen molar-refractivity contribution in [3.05, 3.63) is 23.7 Å². The van der Waals surface area contributed by atoms with Crippen LogP contribution in [0.5, 0.6) is 0 Å². The van der Waals surface area contributed by atoms with E-state index >= 15 is 0 Å². The molecule has 4 nitrogen and oxygen atoms in total. The van der Waals surface area contributed by atoms with Crippen LogP contribution in [0.4, 0.5) is 0 Å². The van der Waals surface area contributed by atoms with Crippen molar-refractivity contribution in [3.8, 4) is 0 Å². The van der Waals surface area contributed by atoms with Gasteiger partial charge >= 0.3 is 0 Å². The van der Waals surface area contributed by atoms with Crippen LogP contribution >= 0.6 is 0 Å². The van der Waals surface area contributed by atoms with E-state index in [0.717, 1.165) is 12.1 Å². The van der Waals surface area contributed by atoms with E-state index in [1.165, 1.54) is 38.5 Å². The fourth-order valence-electron chi connectivity index (χ4n) is 2.62. The number of nitrogens with one attached hydrogen (secondary N) is 2. The molecule has 0 aromatic carbocycles. The maximum Gasteiger partial charge on any atom is 0.287 e. The van der Waals surface area contributed by atoms with Crippen molar-refractivity contribution in [2.45, 2.75) is 51.5 Å². The summed E-state index contributed by atoms with van der Waals surface area (Å²) in [5.74, 6) is 0.305. The van der Waals surface area contributed by atoms with Gasteiger partial charge in [0.1, 0.15) is 0 Å². The molecule has 1 aromatic rings. The van der Waals surface area contributed by atoms with Crippen LogP contribution in [0.2, 0.25) is 0 Å². The highest BCUT2D eigenvalue weighted by Gasteiger charge is 2.13. The highest BCUT2D eigenvalue weighted by Crippen LogP contribution is 2.16. The summed E-state index contributed by atoms with van der Waals surface area (Å²) >= 11 is 0. The third-order valence-corrected chi connectivity index (χ3v) is 3.77. The lowest BCUT2D eigenvalue weighted by atomic mass is 10.1. The third-order valence-electron chi connectivity index (χ3n) is 3.77. The highest BCUT2D eigenvalue weighted by atomic mass is 16.3. The Morgan fingerprint density at radius 1 is 1.26 bits per heavy atom. The van der Waals surface area contributed by atoms with Gasteiger partial charge in [0.05, 0.1) is 6.26 Å². The molecular weight excluding hydrogens is 240 g/mol. The fraction of sp³-hybridized carbons (Fsp3) is 0.667. The second-order valence-electron chi connectivity index (χ2n) is 5.33. The van der Waals surface area contributed by atoms with E-state index in [2.05, 4.69) is 10.6 Å². The normalized spacial score (nSPS) is 17.1. The lowest BCUT2D eigenvalue weighted by Crippen LogP contribution is -2.36. The minimum atomic E-state index is -0.120. The van der Waals surface area contributed by atoms with Gasteiger partial charge < -0.3 is 15.1 Å². The van der Waals surface area contributed by atoms with Gasteiger partial charge in [-0.1, -0.05) is 25.7 Å². The monoisotopic (exact) mass is 264 g/mol. The lowest BCUT2D eigenvalue weighted by molar-refractivity contribution is 0.0925. The van der Waals surface area contributed by atoms with E-state index in [4.69, 9.17) is 4.42 Å². The molecule has 0 radical (unpaired) electrons. The molecule has 0 atom stereocenters. The molecule has 1 fully saturated rings. The van der Waals surface area contributed by atoms with Crippen LogP contribution in [-0.2, 0) is 0 Å². The van der Waals surface area contributed by atoms with Crippen LogP contribution in [0, 0.1) is 6.92 Å². The van der Waals surface area contributed by atoms with Gasteiger partial charge in [-0.25, -0.2) is 0 Å². The van der Waals surface area contributed by atoms with Crippen molar-refractivity contribution in [1.82, 2.24) is 10.6 Å². The average molecular weight is 264 g/mol. The summed E-state index contributed by atoms with van der Waals surface area (Å²) in [5.41, 5.74) is 0.884. The molecule has 0 saturated heterocycles. The molecule has 0 aliphatic heterocycles. The predicted octanol–water partition coefficient (Wildman–Crippen LogP) is 2.63. The first-order valence-electron chi connectivity index (χ1n) is 7.33. The van der Waals surface area contributed by atoms with Crippen molar-refractivity contribution in [2.24, 2.45) is 0 Å². The van der Waals surface area contributed by atoms with Gasteiger partial charge in [-0.05, 0) is 25.8 Å². The third kappa shape index (κ3) is 4.39. The minimum Gasteiger partial charge on any atom is -0.459 e. The average Bonchev–Trinajstić information content (AvgIpc) is 2.68. The fourth-order valence-corrected chi connectivity index (χ4v) is 2.62. The first-order valence-corrected chi connectivity index (χ1v) is 7.33. The molecule has 2 rings (SSSR count). The quantitative estimate of drug-likeness (QED) is 0.635. The van der Waals surface area contributed by atoms with Crippen LogP contribution in [0.1, 0.15) is 54.6 Å². The number of furan rings is 1. The van der Waals surface area contributed by atoms with Crippen LogP contribution in [0.3, 0.4) is 0 Å². The Morgan fingerprint density at radius 3 is 2.63 bits per heavy atom. The first kappa shape index (κ1) is 14.1. The van der Waals surface area contributed by atoms with E-state index < -0.39 is 0 Å². The number of hydrogen-bond acceptors (Lipinski definition) is 3. The second kappa shape index (κ2) is 7.34. The second-order valence-corrected chi connectivity index (χ2v) is 5.33. The van der Waals surface area contributed by atoms with Gasteiger partial charge in [0, 0.05) is 24.7 Å². The molecule has 1 aliphatic rings. The zero-order valence-corrected chi connectivity index (χ0v) is 11.7. The summed E-state index contributed by atoms with van der Waals surface area (Å²) in [6, 6.07) is 2.43. The molecule has 0 spiro atoms. The maximum atomic E-state index is 11.8. The van der Waals surface area contributed by atoms with Crippen LogP contribution in [0.15, 0.2) is 16.7 Å². The molecule has 0 bridgehead atoms. The molecule has 1 aromatic heterocycles. The largest absolute Gasteiger partial charge is 0.459 e. The van der Waals surface area contributed by atoms with Crippen LogP contribution in [0.25, 0.3) is 0 Å². The Kier molecular flexibility index (Phi) is 5.45. The van der Waals surface area contributed by atoms with Crippen molar-refractivity contribution < 1.29 is 9.21 Å². The Labute approximate surface area is 114 Å². The van der Waals surface area contributed by atoms with Gasteiger partial charge in [0.2, 0.25) is 0 Å². The SMILES string of the molecule is Cc1ccoc1C(=O)NCCNC1CCCCCC1. The highest BCUT2D eigenvalue weighted by molar-refractivity contribution is 5.92. The van der Waals surface area contributed by atoms with Gasteiger partial charge in [-0.2, -0.15) is 0 Å². The van der Waals surface area contributed by atoms with Gasteiger partial charge in [0.15, 0.2) is 5.76 Å². The van der Waals surface area contributed by atoms with E-state index in [1.54, 1.807) is 12.3 Å². The number of carbonyl (C=O) groups excluding carboxylic acids is 1. The zero-order chi connectivity index (χ0) is 13.5. The number of carbonyl (C=O) groups is 1. The Hall–Kier alpha value is -1.29. The number of aryl methyl sites for hydroxylation is 1. The minimum absolute atomic E-state index is 0.120. The summed E-state index contributed by atoms with van der Waals surface area (Å²) in [5, 5.41) is 6.42. The van der Waals surface area contributed by atoms with E-state index in [1.807, 2.05) is 6.92 Å². The summed E-state index contributed by atoms with van der Waals surface area (Å²) in [4.78, 5) is 11.8. The standard InChI is InChI=1S/C15H24N2O2/c1-12-8-11-19-14(12)15(18)17-10-9-16-13-6-4-2-3-5-7-13/h8,11,13,16H,2-7,9-10H2,1H3,(H,17,18). The van der Waals surface area contributed by atoms with Crippen LogP contribution in [-0.4, -0.2) is 25.0 Å². The smallest absolute Gasteiger partial charge is 0.287 e. The lowest BCUT2D eigenvalue weighted by Gasteiger charge is -2.16. The number of amides is 1. The summed E-state index contributed by atoms with van der Waals surface area (Å²) in [6.07, 6.45) is 9.48. The molecular formula is C15H24N2O2. The molecule has 1 amide bonds. The van der Waals surface area contributed by atoms with Gasteiger partial charge in [-0.15, -0.1) is 0 Å². The van der Waals surface area contributed by atoms with Crippen molar-refractivity contribution in [1.29, 1.82) is 0 Å². The molecule has 1 saturated carbocycles. The number of hydrogen-bond donors (Lipinski definition) is 2. The molecule has 2 N–H and O–H groups in total. The summed E-state index contributed by atoms with van der Waals surface area (Å²) < 4.78 is 5.16. The van der Waals surface area contributed by atoms with E-state index in [-0.39, 0.29) is 5.91 Å². The van der Waals surface area contributed by atoms with E-state index in [9.17, 15) is 4.79 Å². The van der Waals surface area contributed by atoms with Crippen molar-refractivity contribution in [3.63, 3.8) is 0 Å². The molecule has 1 aliphatic carbocycles. The Morgan fingerprint density at radius 2 is 2.00 bits per heavy atom. The molecule has 1 heterocycles. The van der Waals surface area contributed by atoms with Crippen molar-refractivity contribution in [2.75, 3.05) is 13.1 Å². The maximum absolute atomic E-state index is 11.8. The first-order chi connectivity index (χ1) is 9.27. The molecule has 0 unspecified atom stereocenters. The van der Waals surface area contributed by atoms with Gasteiger partial charge in [0.25, 0.3) is 5.91 Å². The Balaban J connectivity index is 1.64. The topological polar surface area (TPSA) is 54.3 Å². The summed E-state index contributed by atoms with van der Waals surface area (Å²) in [7, 11) is 0. The molecule has 19 heavy (non-hydrogen) atoms. The van der Waals surface area contributed by atoms with Crippen molar-refractivity contribution >= 4 is 5.91 Å². The molecule has 4 heteroatoms. The zero-order valence-electron chi connectivity index (χ0n) is 11.7. The Bertz CT molecular complexity index is 393. The molecule has 106 valence electrons. The van der Waals surface area contributed by atoms with E-state index in [0.29, 0.717) is 18.3 Å².